The van der Waals surface area contributed by atoms with E-state index in [-0.39, 0.29) is 11.8 Å². The van der Waals surface area contributed by atoms with Gasteiger partial charge in [0.1, 0.15) is 0 Å². The third kappa shape index (κ3) is 3.24. The zero-order valence-electron chi connectivity index (χ0n) is 13.4. The molecule has 0 spiro atoms. The number of ether oxygens (including phenoxy) is 1. The third-order valence-corrected chi connectivity index (χ3v) is 4.97. The first-order valence-electron chi connectivity index (χ1n) is 7.59. The molecule has 2 aromatic rings. The van der Waals surface area contributed by atoms with Gasteiger partial charge in [-0.1, -0.05) is 29.3 Å². The lowest BCUT2D eigenvalue weighted by Crippen LogP contribution is -2.30. The van der Waals surface area contributed by atoms with E-state index in [0.717, 1.165) is 16.7 Å². The minimum Gasteiger partial charge on any atom is -0.494 e. The van der Waals surface area contributed by atoms with Gasteiger partial charge in [-0.05, 0) is 48.0 Å². The summed E-state index contributed by atoms with van der Waals surface area (Å²) >= 11 is 12.4. The highest BCUT2D eigenvalue weighted by atomic mass is 35.5. The zero-order chi connectivity index (χ0) is 17.4. The standard InChI is InChI=1S/C18H18Cl2FNO2/c1-22(9-10-3-4-17(24-2)15(21)5-10)18-13-6-11(19)7-14(20)12(13)8-16(18)23/h3-7,16,18,23H,8-9H2,1-2H3/t16-,18+/m0/s1. The first-order valence-corrected chi connectivity index (χ1v) is 8.35. The number of benzene rings is 2. The molecule has 0 unspecified atom stereocenters. The van der Waals surface area contributed by atoms with Crippen LogP contribution in [0.1, 0.15) is 22.7 Å². The van der Waals surface area contributed by atoms with E-state index >= 15 is 0 Å². The van der Waals surface area contributed by atoms with Crippen LogP contribution in [0.25, 0.3) is 0 Å². The van der Waals surface area contributed by atoms with Gasteiger partial charge in [0.25, 0.3) is 0 Å². The molecule has 0 heterocycles. The Morgan fingerprint density at radius 3 is 2.71 bits per heavy atom. The summed E-state index contributed by atoms with van der Waals surface area (Å²) in [4.78, 5) is 1.98. The van der Waals surface area contributed by atoms with Gasteiger partial charge in [0.05, 0.1) is 19.3 Å². The first-order chi connectivity index (χ1) is 11.4. The number of hydrogen-bond acceptors (Lipinski definition) is 3. The highest BCUT2D eigenvalue weighted by molar-refractivity contribution is 6.35. The number of methoxy groups -OCH3 is 1. The van der Waals surface area contributed by atoms with Gasteiger partial charge in [-0.15, -0.1) is 0 Å². The molecule has 0 aliphatic heterocycles. The molecule has 6 heteroatoms. The molecule has 0 saturated carbocycles. The van der Waals surface area contributed by atoms with Gasteiger partial charge in [-0.3, -0.25) is 4.90 Å². The van der Waals surface area contributed by atoms with Crippen molar-refractivity contribution < 1.29 is 14.2 Å². The summed E-state index contributed by atoms with van der Waals surface area (Å²) in [5, 5.41) is 11.6. The normalized spacial score (nSPS) is 19.6. The molecular formula is C18H18Cl2FNO2. The predicted molar refractivity (Wildman–Crippen MR) is 93.3 cm³/mol. The Balaban J connectivity index is 1.86. The maximum atomic E-state index is 13.9. The molecule has 0 bridgehead atoms. The van der Waals surface area contributed by atoms with Crippen molar-refractivity contribution >= 4 is 23.2 Å². The van der Waals surface area contributed by atoms with Crippen LogP contribution < -0.4 is 4.74 Å². The Morgan fingerprint density at radius 1 is 1.29 bits per heavy atom. The molecule has 24 heavy (non-hydrogen) atoms. The minimum atomic E-state index is -0.580. The topological polar surface area (TPSA) is 32.7 Å². The molecule has 2 atom stereocenters. The van der Waals surface area contributed by atoms with Crippen LogP contribution in [0.5, 0.6) is 5.75 Å². The van der Waals surface area contributed by atoms with Crippen LogP contribution in [0.4, 0.5) is 4.39 Å². The molecule has 0 saturated heterocycles. The molecule has 2 aromatic carbocycles. The SMILES string of the molecule is COc1ccc(CN(C)[C@@H]2c3cc(Cl)cc(Cl)c3C[C@@H]2O)cc1F. The van der Waals surface area contributed by atoms with Crippen molar-refractivity contribution in [3.05, 3.63) is 62.9 Å². The van der Waals surface area contributed by atoms with Gasteiger partial charge in [0, 0.05) is 23.0 Å². The molecule has 1 aliphatic rings. The van der Waals surface area contributed by atoms with E-state index in [1.54, 1.807) is 12.1 Å². The highest BCUT2D eigenvalue weighted by Crippen LogP contribution is 2.41. The van der Waals surface area contributed by atoms with E-state index in [1.807, 2.05) is 24.1 Å². The quantitative estimate of drug-likeness (QED) is 0.874. The van der Waals surface area contributed by atoms with Gasteiger partial charge < -0.3 is 9.84 Å². The Bertz CT molecular complexity index is 769. The summed E-state index contributed by atoms with van der Waals surface area (Å²) < 4.78 is 18.8. The van der Waals surface area contributed by atoms with E-state index in [2.05, 4.69) is 0 Å². The summed E-state index contributed by atoms with van der Waals surface area (Å²) in [5.74, 6) is -0.187. The fraction of sp³-hybridized carbons (Fsp3) is 0.333. The average Bonchev–Trinajstić information content (AvgIpc) is 2.84. The molecule has 0 amide bonds. The van der Waals surface area contributed by atoms with Crippen LogP contribution in [0.2, 0.25) is 10.0 Å². The molecule has 128 valence electrons. The second-order valence-corrected chi connectivity index (χ2v) is 6.90. The number of rotatable bonds is 4. The van der Waals surface area contributed by atoms with Gasteiger partial charge in [0.15, 0.2) is 11.6 Å². The van der Waals surface area contributed by atoms with Crippen LogP contribution in [-0.2, 0) is 13.0 Å². The van der Waals surface area contributed by atoms with Crippen molar-refractivity contribution in [2.24, 2.45) is 0 Å². The fourth-order valence-electron chi connectivity index (χ4n) is 3.36. The van der Waals surface area contributed by atoms with E-state index in [1.165, 1.54) is 13.2 Å². The number of fused-ring (bicyclic) bond motifs is 1. The summed E-state index contributed by atoms with van der Waals surface area (Å²) in [7, 11) is 3.32. The van der Waals surface area contributed by atoms with Crippen molar-refractivity contribution in [2.75, 3.05) is 14.2 Å². The third-order valence-electron chi connectivity index (χ3n) is 4.41. The summed E-state index contributed by atoms with van der Waals surface area (Å²) in [6.45, 7) is 0.478. The highest BCUT2D eigenvalue weighted by Gasteiger charge is 2.35. The summed E-state index contributed by atoms with van der Waals surface area (Å²) in [6.07, 6.45) is -0.0961. The molecule has 1 aliphatic carbocycles. The molecule has 3 nitrogen and oxygen atoms in total. The van der Waals surface area contributed by atoms with Crippen LogP contribution >= 0.6 is 23.2 Å². The smallest absolute Gasteiger partial charge is 0.165 e. The van der Waals surface area contributed by atoms with Crippen molar-refractivity contribution in [1.82, 2.24) is 4.90 Å². The molecule has 3 rings (SSSR count). The Kier molecular flexibility index (Phi) is 5.02. The maximum Gasteiger partial charge on any atom is 0.165 e. The Labute approximate surface area is 150 Å². The maximum absolute atomic E-state index is 13.9. The molecular weight excluding hydrogens is 352 g/mol. The van der Waals surface area contributed by atoms with Gasteiger partial charge >= 0.3 is 0 Å². The van der Waals surface area contributed by atoms with Crippen LogP contribution in [0.3, 0.4) is 0 Å². The van der Waals surface area contributed by atoms with Crippen molar-refractivity contribution in [1.29, 1.82) is 0 Å². The van der Waals surface area contributed by atoms with Gasteiger partial charge in [0.2, 0.25) is 0 Å². The Morgan fingerprint density at radius 2 is 2.04 bits per heavy atom. The first kappa shape index (κ1) is 17.5. The van der Waals surface area contributed by atoms with Crippen LogP contribution in [0, 0.1) is 5.82 Å². The number of likely N-dealkylation sites (N-methyl/N-ethyl adjacent to an activating group) is 1. The lowest BCUT2D eigenvalue weighted by atomic mass is 10.1. The number of aliphatic hydroxyl groups is 1. The zero-order valence-corrected chi connectivity index (χ0v) is 14.9. The molecule has 0 aromatic heterocycles. The lowest BCUT2D eigenvalue weighted by Gasteiger charge is -2.28. The van der Waals surface area contributed by atoms with E-state index in [9.17, 15) is 9.50 Å². The van der Waals surface area contributed by atoms with Crippen LogP contribution in [0.15, 0.2) is 30.3 Å². The second-order valence-electron chi connectivity index (χ2n) is 6.06. The monoisotopic (exact) mass is 369 g/mol. The molecule has 0 fully saturated rings. The summed E-state index contributed by atoms with van der Waals surface area (Å²) in [5.41, 5.74) is 2.65. The van der Waals surface area contributed by atoms with Crippen molar-refractivity contribution in [2.45, 2.75) is 25.1 Å². The second kappa shape index (κ2) is 6.89. The lowest BCUT2D eigenvalue weighted by molar-refractivity contribution is 0.0724. The van der Waals surface area contributed by atoms with E-state index in [0.29, 0.717) is 23.0 Å². The Hall–Kier alpha value is -1.33. The number of nitrogens with zero attached hydrogens (tertiary/aromatic N) is 1. The predicted octanol–water partition coefficient (Wildman–Crippen LogP) is 4.23. The van der Waals surface area contributed by atoms with Crippen molar-refractivity contribution in [3.8, 4) is 5.75 Å². The van der Waals surface area contributed by atoms with E-state index in [4.69, 9.17) is 27.9 Å². The van der Waals surface area contributed by atoms with Gasteiger partial charge in [-0.25, -0.2) is 4.39 Å². The van der Waals surface area contributed by atoms with E-state index < -0.39 is 11.9 Å². The average molecular weight is 370 g/mol. The van der Waals surface area contributed by atoms with Crippen molar-refractivity contribution in [3.63, 3.8) is 0 Å². The number of aliphatic hydroxyl groups excluding tert-OH is 1. The largest absolute Gasteiger partial charge is 0.494 e. The molecule has 1 N–H and O–H groups in total. The minimum absolute atomic E-state index is 0.214. The number of hydrogen-bond donors (Lipinski definition) is 1. The number of halogens is 3. The van der Waals surface area contributed by atoms with Gasteiger partial charge in [-0.2, -0.15) is 0 Å². The van der Waals surface area contributed by atoms with Crippen LogP contribution in [-0.4, -0.2) is 30.3 Å². The molecule has 0 radical (unpaired) electrons. The summed E-state index contributed by atoms with van der Waals surface area (Å²) in [6, 6.07) is 8.16. The fourth-order valence-corrected chi connectivity index (χ4v) is 3.94.